The lowest BCUT2D eigenvalue weighted by molar-refractivity contribution is -0.126. The molecule has 3 aromatic rings. The van der Waals surface area contributed by atoms with Crippen molar-refractivity contribution in [3.05, 3.63) is 66.1 Å². The van der Waals surface area contributed by atoms with E-state index in [1.165, 1.54) is 17.0 Å². The first-order valence-electron chi connectivity index (χ1n) is 9.00. The molecule has 1 aliphatic rings. The van der Waals surface area contributed by atoms with E-state index in [9.17, 15) is 14.0 Å². The largest absolute Gasteiger partial charge is 0.361 e. The summed E-state index contributed by atoms with van der Waals surface area (Å²) in [6.07, 6.45) is 2.82. The van der Waals surface area contributed by atoms with Gasteiger partial charge in [-0.2, -0.15) is 0 Å². The van der Waals surface area contributed by atoms with Crippen molar-refractivity contribution in [2.45, 2.75) is 12.8 Å². The van der Waals surface area contributed by atoms with Crippen LogP contribution in [0.5, 0.6) is 0 Å². The number of amides is 2. The number of aromatic nitrogens is 1. The molecule has 0 spiro atoms. The van der Waals surface area contributed by atoms with Crippen LogP contribution >= 0.6 is 0 Å². The third-order valence-corrected chi connectivity index (χ3v) is 4.98. The molecule has 1 aromatic heterocycles. The molecule has 0 radical (unpaired) electrons. The number of benzene rings is 2. The predicted molar refractivity (Wildman–Crippen MR) is 102 cm³/mol. The van der Waals surface area contributed by atoms with Gasteiger partial charge in [-0.15, -0.1) is 0 Å². The molecule has 5 nitrogen and oxygen atoms in total. The molecule has 2 amide bonds. The third kappa shape index (κ3) is 3.56. The average Bonchev–Trinajstić information content (AvgIpc) is 3.26. The molecule has 138 valence electrons. The fraction of sp³-hybridized carbons (Fsp3) is 0.238. The van der Waals surface area contributed by atoms with Crippen molar-refractivity contribution in [3.8, 4) is 0 Å². The third-order valence-electron chi connectivity index (χ3n) is 4.98. The first-order chi connectivity index (χ1) is 13.1. The molecule has 0 aliphatic carbocycles. The Hall–Kier alpha value is -3.15. The summed E-state index contributed by atoms with van der Waals surface area (Å²) < 4.78 is 13.4. The van der Waals surface area contributed by atoms with Crippen LogP contribution < -0.4 is 10.2 Å². The first kappa shape index (κ1) is 17.3. The summed E-state index contributed by atoms with van der Waals surface area (Å²) >= 11 is 0. The second-order valence-electron chi connectivity index (χ2n) is 6.79. The summed E-state index contributed by atoms with van der Waals surface area (Å²) in [7, 11) is 0. The Morgan fingerprint density at radius 1 is 1.22 bits per heavy atom. The number of anilines is 1. The molecule has 6 heteroatoms. The minimum Gasteiger partial charge on any atom is -0.361 e. The van der Waals surface area contributed by atoms with E-state index >= 15 is 0 Å². The van der Waals surface area contributed by atoms with Gasteiger partial charge >= 0.3 is 0 Å². The molecule has 2 N–H and O–H groups in total. The maximum Gasteiger partial charge on any atom is 0.227 e. The standard InChI is InChI=1S/C21H20FN3O2/c22-16-4-3-5-17(11-16)25-13-15(10-20(25)26)21(27)23-9-8-14-12-24-19-7-2-1-6-18(14)19/h1-7,11-12,15,24H,8-10,13H2,(H,23,27). The number of hydrogen-bond donors (Lipinski definition) is 2. The van der Waals surface area contributed by atoms with Crippen molar-refractivity contribution in [2.75, 3.05) is 18.0 Å². The summed E-state index contributed by atoms with van der Waals surface area (Å²) in [5.41, 5.74) is 2.72. The number of nitrogens with zero attached hydrogens (tertiary/aromatic N) is 1. The van der Waals surface area contributed by atoms with Crippen LogP contribution in [0.25, 0.3) is 10.9 Å². The lowest BCUT2D eigenvalue weighted by atomic mass is 10.1. The van der Waals surface area contributed by atoms with Crippen molar-refractivity contribution < 1.29 is 14.0 Å². The van der Waals surface area contributed by atoms with E-state index in [4.69, 9.17) is 0 Å². The number of rotatable bonds is 5. The quantitative estimate of drug-likeness (QED) is 0.730. The number of halogens is 1. The minimum atomic E-state index is -0.413. The van der Waals surface area contributed by atoms with Crippen LogP contribution in [0.4, 0.5) is 10.1 Å². The van der Waals surface area contributed by atoms with E-state index < -0.39 is 11.7 Å². The zero-order valence-corrected chi connectivity index (χ0v) is 14.7. The number of nitrogens with one attached hydrogen (secondary N) is 2. The number of fused-ring (bicyclic) bond motifs is 1. The van der Waals surface area contributed by atoms with Crippen LogP contribution in [0.1, 0.15) is 12.0 Å². The summed E-state index contributed by atoms with van der Waals surface area (Å²) in [5, 5.41) is 4.08. The Morgan fingerprint density at radius 3 is 2.93 bits per heavy atom. The maximum atomic E-state index is 13.4. The Bertz CT molecular complexity index is 998. The van der Waals surface area contributed by atoms with Crippen LogP contribution in [0, 0.1) is 11.7 Å². The van der Waals surface area contributed by atoms with Gasteiger partial charge in [-0.25, -0.2) is 4.39 Å². The van der Waals surface area contributed by atoms with Gasteiger partial charge in [0.2, 0.25) is 11.8 Å². The predicted octanol–water partition coefficient (Wildman–Crippen LogP) is 3.02. The molecule has 0 saturated carbocycles. The van der Waals surface area contributed by atoms with Gasteiger partial charge in [-0.1, -0.05) is 24.3 Å². The summed E-state index contributed by atoms with van der Waals surface area (Å²) in [4.78, 5) is 29.4. The van der Waals surface area contributed by atoms with E-state index in [0.29, 0.717) is 18.7 Å². The number of aromatic amines is 1. The molecule has 4 rings (SSSR count). The second kappa shape index (κ2) is 7.23. The molecule has 2 aromatic carbocycles. The SMILES string of the molecule is O=C(NCCc1c[nH]c2ccccc12)C1CC(=O)N(c2cccc(F)c2)C1. The Morgan fingerprint density at radius 2 is 2.07 bits per heavy atom. The molecule has 1 atom stereocenters. The summed E-state index contributed by atoms with van der Waals surface area (Å²) in [6.45, 7) is 0.784. The van der Waals surface area contributed by atoms with Crippen LogP contribution in [-0.4, -0.2) is 29.9 Å². The molecule has 1 aliphatic heterocycles. The molecule has 0 bridgehead atoms. The van der Waals surface area contributed by atoms with Gasteiger partial charge < -0.3 is 15.2 Å². The molecular formula is C21H20FN3O2. The van der Waals surface area contributed by atoms with E-state index in [1.807, 2.05) is 24.4 Å². The van der Waals surface area contributed by atoms with E-state index in [-0.39, 0.29) is 24.8 Å². The van der Waals surface area contributed by atoms with Crippen LogP contribution in [0.3, 0.4) is 0 Å². The number of carbonyl (C=O) groups is 2. The van der Waals surface area contributed by atoms with Gasteiger partial charge in [0.15, 0.2) is 0 Å². The fourth-order valence-corrected chi connectivity index (χ4v) is 3.58. The van der Waals surface area contributed by atoms with Gasteiger partial charge in [0, 0.05) is 42.3 Å². The zero-order valence-electron chi connectivity index (χ0n) is 14.7. The smallest absolute Gasteiger partial charge is 0.227 e. The van der Waals surface area contributed by atoms with Crippen molar-refractivity contribution in [1.82, 2.24) is 10.3 Å². The topological polar surface area (TPSA) is 65.2 Å². The lowest BCUT2D eigenvalue weighted by Gasteiger charge is -2.16. The van der Waals surface area contributed by atoms with Crippen LogP contribution in [-0.2, 0) is 16.0 Å². The Kier molecular flexibility index (Phi) is 4.62. The fourth-order valence-electron chi connectivity index (χ4n) is 3.58. The van der Waals surface area contributed by atoms with Gasteiger partial charge in [-0.05, 0) is 36.2 Å². The highest BCUT2D eigenvalue weighted by Gasteiger charge is 2.35. The van der Waals surface area contributed by atoms with Gasteiger partial charge in [-0.3, -0.25) is 9.59 Å². The van der Waals surface area contributed by atoms with Crippen molar-refractivity contribution >= 4 is 28.4 Å². The number of para-hydroxylation sites is 1. The average molecular weight is 365 g/mol. The van der Waals surface area contributed by atoms with Gasteiger partial charge in [0.25, 0.3) is 0 Å². The van der Waals surface area contributed by atoms with Gasteiger partial charge in [0.1, 0.15) is 5.82 Å². The maximum absolute atomic E-state index is 13.4. The van der Waals surface area contributed by atoms with Crippen molar-refractivity contribution in [1.29, 1.82) is 0 Å². The van der Waals surface area contributed by atoms with E-state index in [1.54, 1.807) is 12.1 Å². The minimum absolute atomic E-state index is 0.137. The lowest BCUT2D eigenvalue weighted by Crippen LogP contribution is -2.34. The second-order valence-corrected chi connectivity index (χ2v) is 6.79. The Balaban J connectivity index is 1.34. The number of hydrogen-bond acceptors (Lipinski definition) is 2. The monoisotopic (exact) mass is 365 g/mol. The highest BCUT2D eigenvalue weighted by Crippen LogP contribution is 2.25. The highest BCUT2D eigenvalue weighted by atomic mass is 19.1. The zero-order chi connectivity index (χ0) is 18.8. The molecule has 27 heavy (non-hydrogen) atoms. The number of carbonyl (C=O) groups excluding carboxylic acids is 2. The first-order valence-corrected chi connectivity index (χ1v) is 9.00. The normalized spacial score (nSPS) is 16.9. The number of H-pyrrole nitrogens is 1. The van der Waals surface area contributed by atoms with E-state index in [0.717, 1.165) is 16.5 Å². The van der Waals surface area contributed by atoms with Crippen LogP contribution in [0.15, 0.2) is 54.7 Å². The van der Waals surface area contributed by atoms with E-state index in [2.05, 4.69) is 16.4 Å². The summed E-state index contributed by atoms with van der Waals surface area (Å²) in [6, 6.07) is 13.9. The van der Waals surface area contributed by atoms with Crippen molar-refractivity contribution in [2.24, 2.45) is 5.92 Å². The summed E-state index contributed by atoms with van der Waals surface area (Å²) in [5.74, 6) is -1.10. The molecule has 1 unspecified atom stereocenters. The molecule has 1 fully saturated rings. The van der Waals surface area contributed by atoms with Crippen molar-refractivity contribution in [3.63, 3.8) is 0 Å². The Labute approximate surface area is 156 Å². The molecule has 1 saturated heterocycles. The highest BCUT2D eigenvalue weighted by molar-refractivity contribution is 6.00. The molecular weight excluding hydrogens is 345 g/mol. The molecule has 2 heterocycles. The van der Waals surface area contributed by atoms with Crippen LogP contribution in [0.2, 0.25) is 0 Å². The van der Waals surface area contributed by atoms with Gasteiger partial charge in [0.05, 0.1) is 5.92 Å².